The summed E-state index contributed by atoms with van der Waals surface area (Å²) in [6.07, 6.45) is 9.33. The van der Waals surface area contributed by atoms with Gasteiger partial charge in [-0.2, -0.15) is 0 Å². The molecule has 1 aromatic heterocycles. The number of nitrogens with zero attached hydrogens (tertiary/aromatic N) is 3. The fourth-order valence-corrected chi connectivity index (χ4v) is 3.49. The Morgan fingerprint density at radius 2 is 2.08 bits per heavy atom. The Labute approximate surface area is 157 Å². The van der Waals surface area contributed by atoms with Crippen molar-refractivity contribution in [3.63, 3.8) is 0 Å². The van der Waals surface area contributed by atoms with Gasteiger partial charge in [0.25, 0.3) is 0 Å². The number of carbonyl (C=O) groups is 1. The number of hydrogen-bond donors (Lipinski definition) is 0. The van der Waals surface area contributed by atoms with Crippen LogP contribution in [0.4, 0.5) is 10.6 Å². The van der Waals surface area contributed by atoms with Crippen molar-refractivity contribution in [3.8, 4) is 0 Å². The SMILES string of the molecule is CC(C)(C)OC(=O)N1CCCc2ccc(CCCN3CC=CCC3)nc21. The second kappa shape index (κ2) is 8.21. The molecule has 0 saturated heterocycles. The number of aromatic nitrogens is 1. The third-order valence-electron chi connectivity index (χ3n) is 4.76. The molecule has 0 aromatic carbocycles. The van der Waals surface area contributed by atoms with Crippen LogP contribution in [-0.2, 0) is 17.6 Å². The minimum Gasteiger partial charge on any atom is -0.443 e. The number of amides is 1. The van der Waals surface area contributed by atoms with E-state index in [-0.39, 0.29) is 6.09 Å². The fourth-order valence-electron chi connectivity index (χ4n) is 3.49. The minimum absolute atomic E-state index is 0.289. The predicted molar refractivity (Wildman–Crippen MR) is 105 cm³/mol. The van der Waals surface area contributed by atoms with Crippen LogP contribution in [0.25, 0.3) is 0 Å². The van der Waals surface area contributed by atoms with Gasteiger partial charge in [-0.1, -0.05) is 18.2 Å². The van der Waals surface area contributed by atoms with Gasteiger partial charge in [0.15, 0.2) is 0 Å². The summed E-state index contributed by atoms with van der Waals surface area (Å²) in [6, 6.07) is 4.26. The Morgan fingerprint density at radius 1 is 1.23 bits per heavy atom. The summed E-state index contributed by atoms with van der Waals surface area (Å²) in [6.45, 7) is 9.68. The summed E-state index contributed by atoms with van der Waals surface area (Å²) in [5, 5.41) is 0. The maximum atomic E-state index is 12.6. The maximum absolute atomic E-state index is 12.6. The van der Waals surface area contributed by atoms with E-state index in [0.29, 0.717) is 6.54 Å². The summed E-state index contributed by atoms with van der Waals surface area (Å²) in [7, 11) is 0. The molecule has 0 N–H and O–H groups in total. The molecule has 2 aliphatic heterocycles. The van der Waals surface area contributed by atoms with Crippen LogP contribution in [0.2, 0.25) is 0 Å². The lowest BCUT2D eigenvalue weighted by atomic mass is 10.0. The summed E-state index contributed by atoms with van der Waals surface area (Å²) in [4.78, 5) is 21.6. The monoisotopic (exact) mass is 357 g/mol. The molecule has 5 nitrogen and oxygen atoms in total. The first-order chi connectivity index (χ1) is 12.4. The highest BCUT2D eigenvalue weighted by Crippen LogP contribution is 2.27. The molecule has 5 heteroatoms. The maximum Gasteiger partial charge on any atom is 0.416 e. The lowest BCUT2D eigenvalue weighted by molar-refractivity contribution is 0.0576. The third kappa shape index (κ3) is 5.07. The number of aryl methyl sites for hydroxylation is 2. The van der Waals surface area contributed by atoms with Gasteiger partial charge in [0.2, 0.25) is 0 Å². The minimum atomic E-state index is -0.491. The second-order valence-corrected chi connectivity index (χ2v) is 8.19. The van der Waals surface area contributed by atoms with Gasteiger partial charge in [-0.3, -0.25) is 9.80 Å². The number of pyridine rings is 1. The van der Waals surface area contributed by atoms with Crippen LogP contribution in [0.15, 0.2) is 24.3 Å². The smallest absolute Gasteiger partial charge is 0.416 e. The molecule has 142 valence electrons. The number of fused-ring (bicyclic) bond motifs is 1. The van der Waals surface area contributed by atoms with Crippen LogP contribution in [0, 0.1) is 0 Å². The topological polar surface area (TPSA) is 45.7 Å². The van der Waals surface area contributed by atoms with Gasteiger partial charge < -0.3 is 4.74 Å². The van der Waals surface area contributed by atoms with Gasteiger partial charge in [0.05, 0.1) is 0 Å². The van der Waals surface area contributed by atoms with E-state index >= 15 is 0 Å². The number of anilines is 1. The first-order valence-corrected chi connectivity index (χ1v) is 9.79. The Bertz CT molecular complexity index is 664. The molecule has 0 bridgehead atoms. The molecule has 0 spiro atoms. The molecular weight excluding hydrogens is 326 g/mol. The molecule has 0 radical (unpaired) electrons. The Kier molecular flexibility index (Phi) is 5.97. The summed E-state index contributed by atoms with van der Waals surface area (Å²) in [5.41, 5.74) is 1.72. The van der Waals surface area contributed by atoms with Crippen LogP contribution < -0.4 is 4.90 Å². The zero-order valence-corrected chi connectivity index (χ0v) is 16.3. The molecule has 0 aliphatic carbocycles. The van der Waals surface area contributed by atoms with Crippen LogP contribution >= 0.6 is 0 Å². The summed E-state index contributed by atoms with van der Waals surface area (Å²) < 4.78 is 5.57. The van der Waals surface area contributed by atoms with Gasteiger partial charge in [-0.25, -0.2) is 9.78 Å². The Balaban J connectivity index is 1.64. The molecule has 0 atom stereocenters. The highest BCUT2D eigenvalue weighted by molar-refractivity contribution is 5.88. The quantitative estimate of drug-likeness (QED) is 0.765. The zero-order chi connectivity index (χ0) is 18.6. The van der Waals surface area contributed by atoms with Crippen molar-refractivity contribution in [1.82, 2.24) is 9.88 Å². The number of hydrogen-bond acceptors (Lipinski definition) is 4. The van der Waals surface area contributed by atoms with E-state index in [0.717, 1.165) is 68.8 Å². The van der Waals surface area contributed by atoms with E-state index in [2.05, 4.69) is 29.2 Å². The van der Waals surface area contributed by atoms with Crippen LogP contribution in [0.3, 0.4) is 0 Å². The number of carbonyl (C=O) groups excluding carboxylic acids is 1. The van der Waals surface area contributed by atoms with Gasteiger partial charge >= 0.3 is 6.09 Å². The van der Waals surface area contributed by atoms with Crippen molar-refractivity contribution in [2.45, 2.75) is 58.5 Å². The van der Waals surface area contributed by atoms with Gasteiger partial charge in [-0.05, 0) is 71.0 Å². The fraction of sp³-hybridized carbons (Fsp3) is 0.619. The van der Waals surface area contributed by atoms with Crippen molar-refractivity contribution in [2.24, 2.45) is 0 Å². The van der Waals surface area contributed by atoms with Gasteiger partial charge in [0.1, 0.15) is 11.4 Å². The summed E-state index contributed by atoms with van der Waals surface area (Å²) >= 11 is 0. The first kappa shape index (κ1) is 18.9. The van der Waals surface area contributed by atoms with Gasteiger partial charge in [-0.15, -0.1) is 0 Å². The average molecular weight is 357 g/mol. The van der Waals surface area contributed by atoms with Gasteiger partial charge in [0, 0.05) is 25.3 Å². The van der Waals surface area contributed by atoms with Crippen LogP contribution in [0.1, 0.15) is 51.3 Å². The molecule has 3 heterocycles. The molecule has 0 saturated carbocycles. The largest absolute Gasteiger partial charge is 0.443 e. The molecule has 2 aliphatic rings. The van der Waals surface area contributed by atoms with Crippen molar-refractivity contribution in [1.29, 1.82) is 0 Å². The lowest BCUT2D eigenvalue weighted by Gasteiger charge is -2.31. The normalized spacial score (nSPS) is 17.9. The van der Waals surface area contributed by atoms with Crippen LogP contribution in [0.5, 0.6) is 0 Å². The van der Waals surface area contributed by atoms with E-state index in [1.54, 1.807) is 4.90 Å². The van der Waals surface area contributed by atoms with Crippen molar-refractivity contribution < 1.29 is 9.53 Å². The highest BCUT2D eigenvalue weighted by Gasteiger charge is 2.28. The van der Waals surface area contributed by atoms with Crippen LogP contribution in [-0.4, -0.2) is 47.8 Å². The zero-order valence-electron chi connectivity index (χ0n) is 16.3. The van der Waals surface area contributed by atoms with E-state index in [1.165, 1.54) is 0 Å². The van der Waals surface area contributed by atoms with E-state index < -0.39 is 5.60 Å². The van der Waals surface area contributed by atoms with E-state index in [1.807, 2.05) is 20.8 Å². The molecule has 1 amide bonds. The lowest BCUT2D eigenvalue weighted by Crippen LogP contribution is -2.40. The number of ether oxygens (including phenoxy) is 1. The third-order valence-corrected chi connectivity index (χ3v) is 4.76. The second-order valence-electron chi connectivity index (χ2n) is 8.19. The Hall–Kier alpha value is -1.88. The molecule has 0 unspecified atom stereocenters. The summed E-state index contributed by atoms with van der Waals surface area (Å²) in [5.74, 6) is 0.795. The number of rotatable bonds is 4. The van der Waals surface area contributed by atoms with E-state index in [4.69, 9.17) is 9.72 Å². The first-order valence-electron chi connectivity index (χ1n) is 9.79. The Morgan fingerprint density at radius 3 is 2.81 bits per heavy atom. The standard InChI is InChI=1S/C21H31N3O2/c1-21(2,3)26-20(25)24-16-7-9-17-11-12-18(22-19(17)24)10-8-15-23-13-5-4-6-14-23/h4-5,11-12H,6-10,13-16H2,1-3H3. The molecule has 0 fully saturated rings. The highest BCUT2D eigenvalue weighted by atomic mass is 16.6. The van der Waals surface area contributed by atoms with Crippen molar-refractivity contribution in [2.75, 3.05) is 31.1 Å². The molecule has 26 heavy (non-hydrogen) atoms. The van der Waals surface area contributed by atoms with Crippen molar-refractivity contribution >= 4 is 11.9 Å². The molecule has 3 rings (SSSR count). The average Bonchev–Trinajstić information content (AvgIpc) is 2.60. The van der Waals surface area contributed by atoms with E-state index in [9.17, 15) is 4.79 Å². The molecular formula is C21H31N3O2. The van der Waals surface area contributed by atoms with Crippen molar-refractivity contribution in [3.05, 3.63) is 35.5 Å². The molecule has 1 aromatic rings. The predicted octanol–water partition coefficient (Wildman–Crippen LogP) is 3.96.